The summed E-state index contributed by atoms with van der Waals surface area (Å²) in [6.45, 7) is 0. The summed E-state index contributed by atoms with van der Waals surface area (Å²) in [5.74, 6) is -0.556. The second-order valence-corrected chi connectivity index (χ2v) is 6.06. The van der Waals surface area contributed by atoms with Crippen LogP contribution >= 0.6 is 15.9 Å². The van der Waals surface area contributed by atoms with Crippen molar-refractivity contribution in [2.45, 2.75) is 19.3 Å². The van der Waals surface area contributed by atoms with E-state index in [0.717, 1.165) is 10.9 Å². The topological polar surface area (TPSA) is 79.0 Å². The summed E-state index contributed by atoms with van der Waals surface area (Å²) >= 11 is 3.31. The van der Waals surface area contributed by atoms with E-state index in [9.17, 15) is 14.4 Å². The minimum Gasteiger partial charge on any atom is -0.325 e. The van der Waals surface area contributed by atoms with Crippen LogP contribution in [0.15, 0.2) is 39.6 Å². The molecular formula is C16H13BrN2O3. The van der Waals surface area contributed by atoms with Crippen LogP contribution in [0, 0.1) is 0 Å². The van der Waals surface area contributed by atoms with Gasteiger partial charge in [0.15, 0.2) is 5.78 Å². The predicted molar refractivity (Wildman–Crippen MR) is 86.4 cm³/mol. The van der Waals surface area contributed by atoms with E-state index >= 15 is 0 Å². The highest BCUT2D eigenvalue weighted by molar-refractivity contribution is 9.10. The maximum absolute atomic E-state index is 12.3. The van der Waals surface area contributed by atoms with Crippen molar-refractivity contribution in [1.29, 1.82) is 0 Å². The predicted octanol–water partition coefficient (Wildman–Crippen LogP) is 2.91. The van der Waals surface area contributed by atoms with Crippen molar-refractivity contribution in [2.24, 2.45) is 0 Å². The SMILES string of the molecule is O=C1CCCc2[nH]c(=O)c(C(=O)Nc3ccc(Br)cc3)cc21. The van der Waals surface area contributed by atoms with Crippen molar-refractivity contribution in [3.8, 4) is 0 Å². The number of carbonyl (C=O) groups is 2. The van der Waals surface area contributed by atoms with Gasteiger partial charge >= 0.3 is 0 Å². The van der Waals surface area contributed by atoms with Gasteiger partial charge in [0.1, 0.15) is 5.56 Å². The Morgan fingerprint density at radius 1 is 1.14 bits per heavy atom. The summed E-state index contributed by atoms with van der Waals surface area (Å²) in [6, 6.07) is 8.43. The molecule has 22 heavy (non-hydrogen) atoms. The monoisotopic (exact) mass is 360 g/mol. The number of halogens is 1. The summed E-state index contributed by atoms with van der Waals surface area (Å²) in [4.78, 5) is 38.9. The minimum atomic E-state index is -0.523. The van der Waals surface area contributed by atoms with Crippen LogP contribution in [0.1, 0.15) is 39.3 Å². The van der Waals surface area contributed by atoms with E-state index in [2.05, 4.69) is 26.2 Å². The fourth-order valence-corrected chi connectivity index (χ4v) is 2.74. The van der Waals surface area contributed by atoms with Crippen molar-refractivity contribution in [3.05, 3.63) is 62.0 Å². The Hall–Kier alpha value is -2.21. The number of Topliss-reactive ketones (excluding diaryl/α,β-unsaturated/α-hetero) is 1. The van der Waals surface area contributed by atoms with Crippen LogP contribution < -0.4 is 10.9 Å². The van der Waals surface area contributed by atoms with Crippen LogP contribution in [0.25, 0.3) is 0 Å². The zero-order valence-electron chi connectivity index (χ0n) is 11.6. The average molecular weight is 361 g/mol. The van der Waals surface area contributed by atoms with Crippen LogP contribution in [0.2, 0.25) is 0 Å². The Balaban J connectivity index is 1.92. The molecule has 1 heterocycles. The maximum Gasteiger partial charge on any atom is 0.261 e. The van der Waals surface area contributed by atoms with Crippen LogP contribution in [-0.2, 0) is 6.42 Å². The molecule has 112 valence electrons. The first-order valence-electron chi connectivity index (χ1n) is 6.91. The molecule has 3 rings (SSSR count). The third kappa shape index (κ3) is 2.87. The summed E-state index contributed by atoms with van der Waals surface area (Å²) in [6.07, 6.45) is 1.84. The number of anilines is 1. The van der Waals surface area contributed by atoms with E-state index in [0.29, 0.717) is 29.8 Å². The maximum atomic E-state index is 12.3. The molecule has 0 fully saturated rings. The second kappa shape index (κ2) is 5.88. The highest BCUT2D eigenvalue weighted by atomic mass is 79.9. The van der Waals surface area contributed by atoms with Gasteiger partial charge in [0, 0.05) is 27.8 Å². The molecule has 0 unspecified atom stereocenters. The molecule has 0 aliphatic heterocycles. The summed E-state index contributed by atoms with van der Waals surface area (Å²) in [5.41, 5.74) is 1.14. The normalized spacial score (nSPS) is 13.6. The second-order valence-electron chi connectivity index (χ2n) is 5.14. The largest absolute Gasteiger partial charge is 0.325 e. The molecule has 0 atom stereocenters. The Kier molecular flexibility index (Phi) is 3.94. The lowest BCUT2D eigenvalue weighted by Crippen LogP contribution is -2.27. The van der Waals surface area contributed by atoms with E-state index in [1.807, 2.05) is 0 Å². The molecule has 0 saturated heterocycles. The number of pyridine rings is 1. The van der Waals surface area contributed by atoms with Gasteiger partial charge in [-0.1, -0.05) is 15.9 Å². The zero-order valence-corrected chi connectivity index (χ0v) is 13.2. The number of aromatic amines is 1. The fraction of sp³-hybridized carbons (Fsp3) is 0.188. The Morgan fingerprint density at radius 3 is 2.59 bits per heavy atom. The minimum absolute atomic E-state index is 0.0322. The van der Waals surface area contributed by atoms with E-state index < -0.39 is 11.5 Å². The van der Waals surface area contributed by atoms with Gasteiger partial charge in [-0.05, 0) is 43.2 Å². The molecule has 1 aromatic carbocycles. The highest BCUT2D eigenvalue weighted by Gasteiger charge is 2.22. The number of hydrogen-bond acceptors (Lipinski definition) is 3. The van der Waals surface area contributed by atoms with Gasteiger partial charge in [-0.15, -0.1) is 0 Å². The van der Waals surface area contributed by atoms with Gasteiger partial charge in [-0.3, -0.25) is 14.4 Å². The van der Waals surface area contributed by atoms with Gasteiger partial charge in [0.25, 0.3) is 11.5 Å². The molecule has 0 spiro atoms. The summed E-state index contributed by atoms with van der Waals surface area (Å²) in [7, 11) is 0. The van der Waals surface area contributed by atoms with Crippen molar-refractivity contribution in [2.75, 3.05) is 5.32 Å². The lowest BCUT2D eigenvalue weighted by atomic mass is 9.93. The van der Waals surface area contributed by atoms with E-state index in [1.165, 1.54) is 6.07 Å². The fourth-order valence-electron chi connectivity index (χ4n) is 2.48. The molecule has 1 aliphatic rings. The number of hydrogen-bond donors (Lipinski definition) is 2. The molecule has 2 aromatic rings. The molecular weight excluding hydrogens is 348 g/mol. The number of ketones is 1. The van der Waals surface area contributed by atoms with E-state index in [1.54, 1.807) is 24.3 Å². The molecule has 2 N–H and O–H groups in total. The van der Waals surface area contributed by atoms with E-state index in [-0.39, 0.29) is 11.3 Å². The van der Waals surface area contributed by atoms with Gasteiger partial charge < -0.3 is 10.3 Å². The zero-order chi connectivity index (χ0) is 15.7. The smallest absolute Gasteiger partial charge is 0.261 e. The quantitative estimate of drug-likeness (QED) is 0.863. The first kappa shape index (κ1) is 14.7. The van der Waals surface area contributed by atoms with Gasteiger partial charge in [0.05, 0.1) is 0 Å². The summed E-state index contributed by atoms with van der Waals surface area (Å²) < 4.78 is 0.891. The van der Waals surface area contributed by atoms with Gasteiger partial charge in [0.2, 0.25) is 0 Å². The number of amides is 1. The lowest BCUT2D eigenvalue weighted by molar-refractivity contribution is 0.0971. The molecule has 1 aliphatic carbocycles. The molecule has 1 aromatic heterocycles. The third-order valence-corrected chi connectivity index (χ3v) is 4.13. The Morgan fingerprint density at radius 2 is 1.86 bits per heavy atom. The van der Waals surface area contributed by atoms with Crippen LogP contribution in [0.3, 0.4) is 0 Å². The van der Waals surface area contributed by atoms with E-state index in [4.69, 9.17) is 0 Å². The number of nitrogens with one attached hydrogen (secondary N) is 2. The van der Waals surface area contributed by atoms with Crippen LogP contribution in [0.5, 0.6) is 0 Å². The number of rotatable bonds is 2. The molecule has 0 radical (unpaired) electrons. The number of carbonyl (C=O) groups excluding carboxylic acids is 2. The number of aryl methyl sites for hydroxylation is 1. The van der Waals surface area contributed by atoms with Crippen molar-refractivity contribution < 1.29 is 9.59 Å². The molecule has 0 saturated carbocycles. The standard InChI is InChI=1S/C16H13BrN2O3/c17-9-4-6-10(7-5-9)18-15(21)12-8-11-13(19-16(12)22)2-1-3-14(11)20/h4-8H,1-3H2,(H,18,21)(H,19,22). The number of H-pyrrole nitrogens is 1. The van der Waals surface area contributed by atoms with Crippen molar-refractivity contribution in [3.63, 3.8) is 0 Å². The first-order chi connectivity index (χ1) is 10.5. The Bertz CT molecular complexity index is 809. The van der Waals surface area contributed by atoms with Crippen molar-refractivity contribution >= 4 is 33.3 Å². The van der Waals surface area contributed by atoms with Crippen LogP contribution in [-0.4, -0.2) is 16.7 Å². The average Bonchev–Trinajstić information content (AvgIpc) is 2.49. The summed E-state index contributed by atoms with van der Waals surface area (Å²) in [5, 5.41) is 2.66. The molecule has 0 bridgehead atoms. The van der Waals surface area contributed by atoms with Crippen molar-refractivity contribution in [1.82, 2.24) is 4.98 Å². The van der Waals surface area contributed by atoms with Gasteiger partial charge in [-0.25, -0.2) is 0 Å². The number of fused-ring (bicyclic) bond motifs is 1. The van der Waals surface area contributed by atoms with Crippen LogP contribution in [0.4, 0.5) is 5.69 Å². The first-order valence-corrected chi connectivity index (χ1v) is 7.70. The lowest BCUT2D eigenvalue weighted by Gasteiger charge is -2.15. The van der Waals surface area contributed by atoms with Gasteiger partial charge in [-0.2, -0.15) is 0 Å². The third-order valence-electron chi connectivity index (χ3n) is 3.60. The highest BCUT2D eigenvalue weighted by Crippen LogP contribution is 2.19. The Labute approximate surface area is 134 Å². The molecule has 6 heteroatoms. The number of aromatic nitrogens is 1. The molecule has 1 amide bonds. The molecule has 5 nitrogen and oxygen atoms in total. The number of benzene rings is 1.